The van der Waals surface area contributed by atoms with Gasteiger partial charge in [-0.25, -0.2) is 0 Å². The van der Waals surface area contributed by atoms with E-state index in [1.165, 1.54) is 32.2 Å². The molecule has 3 aromatic heterocycles. The lowest BCUT2D eigenvalue weighted by Gasteiger charge is -2.35. The van der Waals surface area contributed by atoms with Crippen molar-refractivity contribution >= 4 is 117 Å². The number of rotatable bonds is 9. The third-order valence-electron chi connectivity index (χ3n) is 15.6. The zero-order valence-electron chi connectivity index (χ0n) is 42.1. The molecule has 0 N–H and O–H groups in total. The molecule has 9 aromatic carbocycles. The summed E-state index contributed by atoms with van der Waals surface area (Å²) in [7, 11) is 0. The van der Waals surface area contributed by atoms with E-state index in [1.807, 2.05) is 24.3 Å². The number of aryl methyl sites for hydroxylation is 1. The minimum atomic E-state index is -0.112. The van der Waals surface area contributed by atoms with Gasteiger partial charge >= 0.3 is 0 Å². The summed E-state index contributed by atoms with van der Waals surface area (Å²) >= 11 is 6.79. The molecule has 0 fully saturated rings. The Morgan fingerprint density at radius 1 is 0.545 bits per heavy atom. The van der Waals surface area contributed by atoms with Crippen LogP contribution in [0.25, 0.3) is 75.9 Å². The molecule has 6 nitrogen and oxygen atoms in total. The molecule has 2 aliphatic carbocycles. The lowest BCUT2D eigenvalue weighted by Crippen LogP contribution is -2.25. The Morgan fingerprint density at radius 3 is 1.81 bits per heavy atom. The molecule has 8 heteroatoms. The minimum absolute atomic E-state index is 0.112. The van der Waals surface area contributed by atoms with Crippen LogP contribution in [-0.2, 0) is 0 Å². The van der Waals surface area contributed by atoms with Crippen LogP contribution in [0.1, 0.15) is 58.8 Å². The monoisotopic (exact) mass is 1020 g/mol. The predicted octanol–water partition coefficient (Wildman–Crippen LogP) is 18.9. The number of benzene rings is 9. The molecule has 77 heavy (non-hydrogen) atoms. The van der Waals surface area contributed by atoms with Crippen LogP contribution in [0, 0.1) is 29.6 Å². The Morgan fingerprint density at radius 2 is 1.16 bits per heavy atom. The molecule has 366 valence electrons. The number of anilines is 5. The molecule has 1 unspecified atom stereocenters. The number of fused-ring (bicyclic) bond motifs is 9. The fourth-order valence-electron chi connectivity index (χ4n) is 12.3. The van der Waals surface area contributed by atoms with Crippen LogP contribution in [0.5, 0.6) is 0 Å². The molecule has 12 aromatic rings. The highest BCUT2D eigenvalue weighted by molar-refractivity contribution is 7.85. The van der Waals surface area contributed by atoms with Crippen molar-refractivity contribution < 1.29 is 0 Å². The van der Waals surface area contributed by atoms with E-state index in [4.69, 9.17) is 12.6 Å². The highest BCUT2D eigenvalue weighted by Gasteiger charge is 2.33. The smallest absolute Gasteiger partial charge is 0.101 e. The summed E-state index contributed by atoms with van der Waals surface area (Å²) in [5.41, 5.74) is 16.0. The normalized spacial score (nSPS) is 14.2. The molecule has 14 rings (SSSR count). The van der Waals surface area contributed by atoms with E-state index in [0.29, 0.717) is 22.5 Å². The third kappa shape index (κ3) is 7.52. The molecular weight excluding hydrogens is 977 g/mol. The quantitative estimate of drug-likeness (QED) is 0.146. The van der Waals surface area contributed by atoms with Gasteiger partial charge in [0.15, 0.2) is 0 Å². The fraction of sp³-hybridized carbons (Fsp3) is 0.0725. The van der Waals surface area contributed by atoms with Crippen LogP contribution in [0.4, 0.5) is 28.4 Å². The van der Waals surface area contributed by atoms with Gasteiger partial charge in [-0.2, -0.15) is 10.5 Å². The number of para-hydroxylation sites is 4. The number of thiol groups is 1. The van der Waals surface area contributed by atoms with Gasteiger partial charge in [0, 0.05) is 69.5 Å². The Kier molecular flexibility index (Phi) is 11.3. The third-order valence-corrected chi connectivity index (χ3v) is 17.1. The molecule has 0 spiro atoms. The number of allylic oxidation sites excluding steroid dienone is 3. The summed E-state index contributed by atoms with van der Waals surface area (Å²) in [4.78, 5) is 5.76. The van der Waals surface area contributed by atoms with Crippen molar-refractivity contribution in [3.8, 4) is 23.5 Å². The first-order chi connectivity index (χ1) is 38.0. The largest absolute Gasteiger partial charge is 0.334 e. The fourth-order valence-corrected chi connectivity index (χ4v) is 13.7. The highest BCUT2D eigenvalue weighted by atomic mass is 32.1. The molecule has 0 saturated carbocycles. The second-order valence-corrected chi connectivity index (χ2v) is 21.5. The number of nitriles is 2. The minimum Gasteiger partial charge on any atom is -0.334 e. The van der Waals surface area contributed by atoms with Gasteiger partial charge in [-0.15, -0.1) is 24.0 Å². The van der Waals surface area contributed by atoms with Gasteiger partial charge in [0.05, 0.1) is 56.5 Å². The molecule has 0 bridgehead atoms. The van der Waals surface area contributed by atoms with Gasteiger partial charge in [-0.3, -0.25) is 0 Å². The summed E-state index contributed by atoms with van der Waals surface area (Å²) in [5, 5.41) is 28.8. The summed E-state index contributed by atoms with van der Waals surface area (Å²) in [5.74, 6) is 0. The highest BCUT2D eigenvalue weighted by Crippen LogP contribution is 2.50. The second-order valence-electron chi connectivity index (χ2n) is 19.9. The van der Waals surface area contributed by atoms with Crippen molar-refractivity contribution in [3.63, 3.8) is 0 Å². The maximum absolute atomic E-state index is 11.6. The van der Waals surface area contributed by atoms with Crippen molar-refractivity contribution in [1.29, 1.82) is 10.5 Å². The molecule has 3 heterocycles. The Hall–Kier alpha value is -9.31. The van der Waals surface area contributed by atoms with Crippen LogP contribution in [-0.4, -0.2) is 9.13 Å². The van der Waals surface area contributed by atoms with E-state index in [-0.39, 0.29) is 6.04 Å². The van der Waals surface area contributed by atoms with E-state index in [0.717, 1.165) is 101 Å². The van der Waals surface area contributed by atoms with Crippen LogP contribution >= 0.6 is 24.0 Å². The van der Waals surface area contributed by atoms with Gasteiger partial charge in [0.25, 0.3) is 0 Å². The number of thiophene rings is 1. The van der Waals surface area contributed by atoms with Crippen molar-refractivity contribution in [2.75, 3.05) is 9.80 Å². The van der Waals surface area contributed by atoms with E-state index >= 15 is 0 Å². The standard InChI is InChI=1S/C69H48N6S2/c1-44-36-63-55(39-53(44)51-28-14-16-34-65(51)76)68-57(72(47-20-6-2-7-21-47)48-22-8-3-9-23-48)30-18-32-59(68)74(63)61-37-46(43-71)62(38-45(61)42-70)75-60-33-19-31-58(73(49-24-10-4-11-25-49)50-26-12-5-13-27-50)69(60)56-40-54-52-29-15-17-35-66(52)77-67(54)41-64(56)75/h2-13,15-27,29,31-41,57,76H,14,28,30H2,1H3. The van der Waals surface area contributed by atoms with E-state index < -0.39 is 0 Å². The molecule has 0 saturated heterocycles. The molecular formula is C69H48N6S2. The molecule has 1 atom stereocenters. The molecule has 2 aliphatic rings. The molecule has 0 amide bonds. The Bertz CT molecular complexity index is 4450. The van der Waals surface area contributed by atoms with Crippen molar-refractivity contribution in [2.45, 2.75) is 32.2 Å². The average Bonchev–Trinajstić information content (AvgIpc) is 4.15. The topological polar surface area (TPSA) is 63.9 Å². The number of hydrogen-bond donors (Lipinski definition) is 1. The summed E-state index contributed by atoms with van der Waals surface area (Å²) in [6.07, 6.45) is 11.4. The van der Waals surface area contributed by atoms with E-state index in [2.05, 4.69) is 238 Å². The van der Waals surface area contributed by atoms with Gasteiger partial charge < -0.3 is 18.9 Å². The van der Waals surface area contributed by atoms with Gasteiger partial charge in [-0.05, 0) is 152 Å². The number of aromatic nitrogens is 2. The zero-order chi connectivity index (χ0) is 51.7. The Balaban J connectivity index is 1.05. The Labute approximate surface area is 456 Å². The van der Waals surface area contributed by atoms with Crippen LogP contribution in [0.3, 0.4) is 0 Å². The van der Waals surface area contributed by atoms with Gasteiger partial charge in [0.2, 0.25) is 0 Å². The number of hydrogen-bond acceptors (Lipinski definition) is 6. The molecule has 0 aliphatic heterocycles. The van der Waals surface area contributed by atoms with Crippen molar-refractivity contribution in [3.05, 3.63) is 257 Å². The maximum Gasteiger partial charge on any atom is 0.101 e. The summed E-state index contributed by atoms with van der Waals surface area (Å²) in [6.45, 7) is 2.18. The summed E-state index contributed by atoms with van der Waals surface area (Å²) in [6, 6.07) is 75.8. The lowest BCUT2D eigenvalue weighted by molar-refractivity contribution is 0.704. The van der Waals surface area contributed by atoms with Crippen LogP contribution in [0.15, 0.2) is 223 Å². The van der Waals surface area contributed by atoms with Crippen molar-refractivity contribution in [1.82, 2.24) is 9.13 Å². The first-order valence-electron chi connectivity index (χ1n) is 26.1. The number of nitrogens with zero attached hydrogens (tertiary/aromatic N) is 6. The predicted molar refractivity (Wildman–Crippen MR) is 325 cm³/mol. The SMILES string of the molecule is Cc1cc2c(cc1C1=C(S)C=CCC1)c1c(n2-c2cc(C#N)c(-n3c4cc5sc6ccccc6c5cc4c4c(N(c5ccccc5)c5ccccc5)cccc43)cc2C#N)C=CCC1N(c1ccccc1)c1ccccc1. The maximum atomic E-state index is 11.6. The van der Waals surface area contributed by atoms with Crippen LogP contribution < -0.4 is 9.80 Å². The first kappa shape index (κ1) is 46.2. The van der Waals surface area contributed by atoms with Gasteiger partial charge in [-0.1, -0.05) is 115 Å². The average molecular weight is 1030 g/mol. The van der Waals surface area contributed by atoms with Crippen molar-refractivity contribution in [2.24, 2.45) is 0 Å². The molecule has 0 radical (unpaired) electrons. The zero-order valence-corrected chi connectivity index (χ0v) is 43.8. The van der Waals surface area contributed by atoms with E-state index in [9.17, 15) is 10.5 Å². The van der Waals surface area contributed by atoms with Crippen LogP contribution in [0.2, 0.25) is 0 Å². The van der Waals surface area contributed by atoms with Gasteiger partial charge in [0.1, 0.15) is 12.1 Å². The lowest BCUT2D eigenvalue weighted by atomic mass is 9.89. The summed E-state index contributed by atoms with van der Waals surface area (Å²) < 4.78 is 6.84. The second kappa shape index (κ2) is 18.8. The van der Waals surface area contributed by atoms with E-state index in [1.54, 1.807) is 11.3 Å². The first-order valence-corrected chi connectivity index (χ1v) is 27.3.